The lowest BCUT2D eigenvalue weighted by Crippen LogP contribution is -2.21. The molecule has 0 spiro atoms. The SMILES string of the molecule is COc1cc(/C=C(/C#N)C(=O)Nc2ccc(C)cc2)cc(Cl)c1OCC(=O)Nc1ccccc1F. The highest BCUT2D eigenvalue weighted by Gasteiger charge is 2.16. The second kappa shape index (κ2) is 11.7. The average molecular weight is 494 g/mol. The summed E-state index contributed by atoms with van der Waals surface area (Å²) in [5.41, 5.74) is 1.86. The summed E-state index contributed by atoms with van der Waals surface area (Å²) in [5.74, 6) is -1.50. The molecule has 2 amide bonds. The Labute approximate surface area is 206 Å². The molecule has 0 fully saturated rings. The molecule has 0 saturated heterocycles. The molecule has 7 nitrogen and oxygen atoms in total. The molecule has 3 rings (SSSR count). The number of hydrogen-bond donors (Lipinski definition) is 2. The molecule has 0 saturated carbocycles. The number of amides is 2. The Bertz CT molecular complexity index is 1320. The summed E-state index contributed by atoms with van der Waals surface area (Å²) in [6.45, 7) is 1.47. The van der Waals surface area contributed by atoms with E-state index >= 15 is 0 Å². The van der Waals surface area contributed by atoms with Gasteiger partial charge in [0.15, 0.2) is 18.1 Å². The summed E-state index contributed by atoms with van der Waals surface area (Å²) in [5, 5.41) is 14.6. The minimum Gasteiger partial charge on any atom is -0.493 e. The molecule has 0 bridgehead atoms. The molecule has 0 unspecified atom stereocenters. The normalized spacial score (nSPS) is 10.8. The number of nitrogens with one attached hydrogen (secondary N) is 2. The van der Waals surface area contributed by atoms with Gasteiger partial charge in [-0.25, -0.2) is 4.39 Å². The van der Waals surface area contributed by atoms with Gasteiger partial charge in [0.1, 0.15) is 17.5 Å². The first kappa shape index (κ1) is 25.3. The van der Waals surface area contributed by atoms with Crippen LogP contribution < -0.4 is 20.1 Å². The van der Waals surface area contributed by atoms with E-state index in [4.69, 9.17) is 21.1 Å². The first-order chi connectivity index (χ1) is 16.8. The number of aryl methyl sites for hydroxylation is 1. The average Bonchev–Trinajstić information content (AvgIpc) is 2.84. The number of methoxy groups -OCH3 is 1. The zero-order chi connectivity index (χ0) is 25.4. The zero-order valence-electron chi connectivity index (χ0n) is 18.9. The van der Waals surface area contributed by atoms with Crippen molar-refractivity contribution in [3.8, 4) is 17.6 Å². The van der Waals surface area contributed by atoms with Crippen LogP contribution in [0.15, 0.2) is 66.2 Å². The van der Waals surface area contributed by atoms with Gasteiger partial charge in [0, 0.05) is 5.69 Å². The maximum atomic E-state index is 13.7. The third-order valence-corrected chi connectivity index (χ3v) is 5.01. The van der Waals surface area contributed by atoms with Crippen LogP contribution >= 0.6 is 11.6 Å². The summed E-state index contributed by atoms with van der Waals surface area (Å²) in [4.78, 5) is 24.7. The van der Waals surface area contributed by atoms with Crippen LogP contribution in [-0.2, 0) is 9.59 Å². The molecule has 0 aliphatic rings. The summed E-state index contributed by atoms with van der Waals surface area (Å²) in [6.07, 6.45) is 1.35. The van der Waals surface area contributed by atoms with Crippen LogP contribution in [0.3, 0.4) is 0 Å². The first-order valence-corrected chi connectivity index (χ1v) is 10.7. The highest BCUT2D eigenvalue weighted by molar-refractivity contribution is 6.32. The van der Waals surface area contributed by atoms with Crippen molar-refractivity contribution in [2.45, 2.75) is 6.92 Å². The van der Waals surface area contributed by atoms with Gasteiger partial charge in [0.25, 0.3) is 11.8 Å². The second-order valence-electron chi connectivity index (χ2n) is 7.34. The van der Waals surface area contributed by atoms with Crippen molar-refractivity contribution in [2.75, 3.05) is 24.4 Å². The third kappa shape index (κ3) is 6.82. The number of nitriles is 1. The molecule has 0 atom stereocenters. The standard InChI is InChI=1S/C26H21ClFN3O4/c1-16-7-9-19(10-8-16)30-26(33)18(14-29)11-17-12-20(27)25(23(13-17)34-2)35-15-24(32)31-22-6-4-3-5-21(22)28/h3-13H,15H2,1-2H3,(H,30,33)(H,31,32)/b18-11-. The molecule has 0 aliphatic heterocycles. The summed E-state index contributed by atoms with van der Waals surface area (Å²) < 4.78 is 24.5. The number of rotatable bonds is 8. The Morgan fingerprint density at radius 1 is 1.11 bits per heavy atom. The zero-order valence-corrected chi connectivity index (χ0v) is 19.7. The number of benzene rings is 3. The van der Waals surface area contributed by atoms with Crippen molar-refractivity contribution in [1.82, 2.24) is 0 Å². The lowest BCUT2D eigenvalue weighted by molar-refractivity contribution is -0.118. The fourth-order valence-corrected chi connectivity index (χ4v) is 3.27. The van der Waals surface area contributed by atoms with Gasteiger partial charge < -0.3 is 20.1 Å². The lowest BCUT2D eigenvalue weighted by Gasteiger charge is -2.14. The van der Waals surface area contributed by atoms with E-state index < -0.39 is 24.2 Å². The minimum absolute atomic E-state index is 0.0209. The first-order valence-electron chi connectivity index (χ1n) is 10.3. The molecule has 178 valence electrons. The van der Waals surface area contributed by atoms with Crippen LogP contribution in [0.25, 0.3) is 6.08 Å². The van der Waals surface area contributed by atoms with Crippen LogP contribution in [0.2, 0.25) is 5.02 Å². The van der Waals surface area contributed by atoms with Crippen molar-refractivity contribution < 1.29 is 23.5 Å². The van der Waals surface area contributed by atoms with Crippen molar-refractivity contribution >= 4 is 40.9 Å². The van der Waals surface area contributed by atoms with Crippen LogP contribution in [0, 0.1) is 24.1 Å². The summed E-state index contributed by atoms with van der Waals surface area (Å²) in [7, 11) is 1.38. The fourth-order valence-electron chi connectivity index (χ4n) is 3.00. The Morgan fingerprint density at radius 2 is 1.83 bits per heavy atom. The number of para-hydroxylation sites is 1. The molecule has 0 heterocycles. The number of halogens is 2. The highest BCUT2D eigenvalue weighted by atomic mass is 35.5. The van der Waals surface area contributed by atoms with Crippen molar-refractivity contribution in [3.05, 3.63) is 88.2 Å². The van der Waals surface area contributed by atoms with Crippen LogP contribution in [0.1, 0.15) is 11.1 Å². The van der Waals surface area contributed by atoms with Crippen molar-refractivity contribution in [1.29, 1.82) is 5.26 Å². The topological polar surface area (TPSA) is 100 Å². The number of nitrogens with zero attached hydrogens (tertiary/aromatic N) is 1. The van der Waals surface area contributed by atoms with E-state index in [2.05, 4.69) is 10.6 Å². The molecule has 0 aromatic heterocycles. The van der Waals surface area contributed by atoms with Crippen LogP contribution in [0.5, 0.6) is 11.5 Å². The van der Waals surface area contributed by atoms with Crippen molar-refractivity contribution in [2.24, 2.45) is 0 Å². The molecular formula is C26H21ClFN3O4. The number of hydrogen-bond acceptors (Lipinski definition) is 5. The molecule has 3 aromatic rings. The smallest absolute Gasteiger partial charge is 0.266 e. The molecule has 0 aliphatic carbocycles. The molecule has 2 N–H and O–H groups in total. The number of anilines is 2. The van der Waals surface area contributed by atoms with Crippen LogP contribution in [0.4, 0.5) is 15.8 Å². The lowest BCUT2D eigenvalue weighted by atomic mass is 10.1. The van der Waals surface area contributed by atoms with Crippen molar-refractivity contribution in [3.63, 3.8) is 0 Å². The van der Waals surface area contributed by atoms with Gasteiger partial charge in [-0.1, -0.05) is 41.4 Å². The predicted octanol–water partition coefficient (Wildman–Crippen LogP) is 5.36. The highest BCUT2D eigenvalue weighted by Crippen LogP contribution is 2.37. The van der Waals surface area contributed by atoms with Gasteiger partial charge in [-0.2, -0.15) is 5.26 Å². The Kier molecular flexibility index (Phi) is 8.43. The number of carbonyl (C=O) groups excluding carboxylic acids is 2. The maximum Gasteiger partial charge on any atom is 0.266 e. The predicted molar refractivity (Wildman–Crippen MR) is 132 cm³/mol. The number of carbonyl (C=O) groups is 2. The Hall–Kier alpha value is -4.35. The van der Waals surface area contributed by atoms with E-state index in [0.717, 1.165) is 5.56 Å². The van der Waals surface area contributed by atoms with E-state index in [-0.39, 0.29) is 27.8 Å². The van der Waals surface area contributed by atoms with E-state index in [1.54, 1.807) is 18.2 Å². The van der Waals surface area contributed by atoms with E-state index in [0.29, 0.717) is 11.3 Å². The van der Waals surface area contributed by atoms with Gasteiger partial charge in [-0.15, -0.1) is 0 Å². The van der Waals surface area contributed by atoms with Gasteiger partial charge in [0.2, 0.25) is 0 Å². The van der Waals surface area contributed by atoms with Gasteiger partial charge >= 0.3 is 0 Å². The monoisotopic (exact) mass is 493 g/mol. The quantitative estimate of drug-likeness (QED) is 0.325. The molecule has 35 heavy (non-hydrogen) atoms. The van der Waals surface area contributed by atoms with E-state index in [1.807, 2.05) is 25.1 Å². The molecular weight excluding hydrogens is 473 g/mol. The van der Waals surface area contributed by atoms with Gasteiger partial charge in [0.05, 0.1) is 17.8 Å². The minimum atomic E-state index is -0.600. The Balaban J connectivity index is 1.74. The van der Waals surface area contributed by atoms with Crippen LogP contribution in [-0.4, -0.2) is 25.5 Å². The number of ether oxygens (including phenoxy) is 2. The summed E-state index contributed by atoms with van der Waals surface area (Å²) in [6, 6.07) is 17.7. The summed E-state index contributed by atoms with van der Waals surface area (Å²) >= 11 is 6.32. The molecule has 0 radical (unpaired) electrons. The third-order valence-electron chi connectivity index (χ3n) is 4.73. The molecule has 3 aromatic carbocycles. The van der Waals surface area contributed by atoms with E-state index in [1.165, 1.54) is 43.5 Å². The van der Waals surface area contributed by atoms with E-state index in [9.17, 15) is 19.2 Å². The van der Waals surface area contributed by atoms with Gasteiger partial charge in [-0.05, 0) is 55.0 Å². The largest absolute Gasteiger partial charge is 0.493 e. The molecule has 9 heteroatoms. The van der Waals surface area contributed by atoms with Gasteiger partial charge in [-0.3, -0.25) is 9.59 Å². The Morgan fingerprint density at radius 3 is 2.49 bits per heavy atom. The fraction of sp³-hybridized carbons (Fsp3) is 0.115. The second-order valence-corrected chi connectivity index (χ2v) is 7.75. The maximum absolute atomic E-state index is 13.7.